The molecule has 0 saturated carbocycles. The van der Waals surface area contributed by atoms with Crippen LogP contribution >= 0.6 is 0 Å². The van der Waals surface area contributed by atoms with Gasteiger partial charge in [0.05, 0.1) is 40.4 Å². The summed E-state index contributed by atoms with van der Waals surface area (Å²) in [6, 6.07) is 12.3. The Labute approximate surface area is 208 Å². The molecule has 5 heterocycles. The number of piperidine rings is 1. The minimum absolute atomic E-state index is 0.226. The van der Waals surface area contributed by atoms with Crippen LogP contribution in [0.4, 0.5) is 11.5 Å². The summed E-state index contributed by atoms with van der Waals surface area (Å²) >= 11 is 0. The Morgan fingerprint density at radius 3 is 2.86 bits per heavy atom. The van der Waals surface area contributed by atoms with E-state index >= 15 is 0 Å². The molecule has 180 valence electrons. The van der Waals surface area contributed by atoms with Crippen molar-refractivity contribution in [1.29, 1.82) is 5.26 Å². The van der Waals surface area contributed by atoms with Gasteiger partial charge >= 0.3 is 0 Å². The average Bonchev–Trinajstić information content (AvgIpc) is 3.46. The van der Waals surface area contributed by atoms with Crippen molar-refractivity contribution in [3.8, 4) is 6.07 Å². The molecular formula is C27H27N9. The molecule has 3 aromatic heterocycles. The lowest BCUT2D eigenvalue weighted by Crippen LogP contribution is -2.55. The number of fused-ring (bicyclic) bond motifs is 3. The second-order valence-corrected chi connectivity index (χ2v) is 10.2. The number of hydrogen-bond acceptors (Lipinski definition) is 8. The van der Waals surface area contributed by atoms with Gasteiger partial charge in [0.15, 0.2) is 17.0 Å². The van der Waals surface area contributed by atoms with Crippen LogP contribution in [0.25, 0.3) is 11.2 Å². The molecule has 36 heavy (non-hydrogen) atoms. The molecule has 4 N–H and O–H groups in total. The van der Waals surface area contributed by atoms with Gasteiger partial charge in [0.25, 0.3) is 0 Å². The number of pyridine rings is 1. The molecule has 0 unspecified atom stereocenters. The first-order valence-electron chi connectivity index (χ1n) is 12.6. The highest BCUT2D eigenvalue weighted by atomic mass is 15.3. The van der Waals surface area contributed by atoms with Crippen molar-refractivity contribution in [2.45, 2.75) is 37.6 Å². The Hall–Kier alpha value is -3.87. The number of anilines is 2. The van der Waals surface area contributed by atoms with Gasteiger partial charge in [-0.15, -0.1) is 0 Å². The van der Waals surface area contributed by atoms with Gasteiger partial charge in [-0.1, -0.05) is 12.1 Å². The SMILES string of the molecule is N#Cc1cccc2c1CC1(CCNCC1)[C@@]2(N)c1cnc2c(N3CCCc4ncccc43)n[nH]c2n1. The first-order chi connectivity index (χ1) is 17.6. The molecule has 4 aromatic rings. The minimum atomic E-state index is -0.842. The van der Waals surface area contributed by atoms with Gasteiger partial charge in [-0.3, -0.25) is 10.1 Å². The number of aryl methyl sites for hydroxylation is 1. The van der Waals surface area contributed by atoms with Crippen LogP contribution in [-0.2, 0) is 18.4 Å². The molecule has 9 nitrogen and oxygen atoms in total. The number of hydrogen-bond donors (Lipinski definition) is 3. The maximum atomic E-state index is 9.81. The van der Waals surface area contributed by atoms with Crippen LogP contribution in [-0.4, -0.2) is 44.8 Å². The van der Waals surface area contributed by atoms with Crippen LogP contribution in [0.5, 0.6) is 0 Å². The second kappa shape index (κ2) is 7.82. The standard InChI is InChI=1S/C27H27N9/c28-15-17-4-1-5-19-18(17)14-26(8-11-30-12-9-26)27(19,29)22-16-32-23-24(33-22)34-35-25(23)36-13-3-6-20-21(36)7-2-10-31-20/h1-2,4-5,7,10,16,30H,3,6,8-9,11-14,29H2,(H,33,34,35)/t27-/m0/s1. The zero-order chi connectivity index (χ0) is 24.3. The lowest BCUT2D eigenvalue weighted by Gasteiger charge is -2.46. The van der Waals surface area contributed by atoms with E-state index in [0.29, 0.717) is 11.2 Å². The Kier molecular flexibility index (Phi) is 4.65. The topological polar surface area (TPSA) is 132 Å². The van der Waals surface area contributed by atoms with E-state index < -0.39 is 5.54 Å². The summed E-state index contributed by atoms with van der Waals surface area (Å²) < 4.78 is 0. The fourth-order valence-electron chi connectivity index (χ4n) is 6.68. The van der Waals surface area contributed by atoms with Crippen molar-refractivity contribution < 1.29 is 0 Å². The van der Waals surface area contributed by atoms with Gasteiger partial charge in [-0.25, -0.2) is 9.97 Å². The molecule has 0 radical (unpaired) electrons. The molecule has 1 saturated heterocycles. The molecule has 1 atom stereocenters. The first-order valence-corrected chi connectivity index (χ1v) is 12.6. The molecule has 1 aliphatic carbocycles. The molecule has 9 heteroatoms. The molecule has 1 fully saturated rings. The van der Waals surface area contributed by atoms with E-state index in [2.05, 4.69) is 43.6 Å². The van der Waals surface area contributed by atoms with Crippen LogP contribution in [0.2, 0.25) is 0 Å². The van der Waals surface area contributed by atoms with E-state index in [1.54, 1.807) is 0 Å². The van der Waals surface area contributed by atoms with Gasteiger partial charge in [0, 0.05) is 18.2 Å². The smallest absolute Gasteiger partial charge is 0.183 e. The summed E-state index contributed by atoms with van der Waals surface area (Å²) in [5.74, 6) is 0.763. The van der Waals surface area contributed by atoms with E-state index in [9.17, 15) is 5.26 Å². The van der Waals surface area contributed by atoms with Crippen molar-refractivity contribution in [2.75, 3.05) is 24.5 Å². The summed E-state index contributed by atoms with van der Waals surface area (Å²) in [5, 5.41) is 21.1. The van der Waals surface area contributed by atoms with Gasteiger partial charge < -0.3 is 16.0 Å². The maximum Gasteiger partial charge on any atom is 0.183 e. The number of nitrogens with two attached hydrogens (primary N) is 1. The van der Waals surface area contributed by atoms with Crippen molar-refractivity contribution in [1.82, 2.24) is 30.5 Å². The second-order valence-electron chi connectivity index (χ2n) is 10.2. The normalized spacial score (nSPS) is 22.4. The molecular weight excluding hydrogens is 450 g/mol. The number of H-pyrrole nitrogens is 1. The summed E-state index contributed by atoms with van der Waals surface area (Å²) in [6.45, 7) is 2.63. The molecule has 0 bridgehead atoms. The predicted molar refractivity (Wildman–Crippen MR) is 136 cm³/mol. The average molecular weight is 478 g/mol. The number of aromatic amines is 1. The van der Waals surface area contributed by atoms with Gasteiger partial charge in [-0.05, 0) is 74.5 Å². The fourth-order valence-corrected chi connectivity index (χ4v) is 6.68. The third-order valence-corrected chi connectivity index (χ3v) is 8.50. The van der Waals surface area contributed by atoms with Gasteiger partial charge in [-0.2, -0.15) is 10.4 Å². The minimum Gasteiger partial charge on any atom is -0.321 e. The zero-order valence-electron chi connectivity index (χ0n) is 20.0. The summed E-state index contributed by atoms with van der Waals surface area (Å²) in [7, 11) is 0. The predicted octanol–water partition coefficient (Wildman–Crippen LogP) is 2.83. The lowest BCUT2D eigenvalue weighted by molar-refractivity contribution is 0.117. The Morgan fingerprint density at radius 2 is 2.00 bits per heavy atom. The van der Waals surface area contributed by atoms with Crippen LogP contribution < -0.4 is 16.0 Å². The third-order valence-electron chi connectivity index (χ3n) is 8.50. The molecule has 1 aromatic carbocycles. The molecule has 2 aliphatic heterocycles. The zero-order valence-corrected chi connectivity index (χ0v) is 20.0. The van der Waals surface area contributed by atoms with Crippen LogP contribution in [0.3, 0.4) is 0 Å². The fraction of sp³-hybridized carbons (Fsp3) is 0.370. The monoisotopic (exact) mass is 477 g/mol. The van der Waals surface area contributed by atoms with Crippen LogP contribution in [0.1, 0.15) is 47.3 Å². The molecule has 3 aliphatic rings. The number of rotatable bonds is 2. The number of aromatic nitrogens is 5. The summed E-state index contributed by atoms with van der Waals surface area (Å²) in [6.07, 6.45) is 8.23. The highest BCUT2D eigenvalue weighted by Gasteiger charge is 2.58. The number of nitriles is 1. The Balaban J connectivity index is 1.37. The Bertz CT molecular complexity index is 1530. The van der Waals surface area contributed by atoms with Gasteiger partial charge in [0.1, 0.15) is 0 Å². The highest BCUT2D eigenvalue weighted by Crippen LogP contribution is 2.57. The van der Waals surface area contributed by atoms with E-state index in [4.69, 9.17) is 15.7 Å². The van der Waals surface area contributed by atoms with Crippen molar-refractivity contribution in [3.63, 3.8) is 0 Å². The number of nitrogens with zero attached hydrogens (tertiary/aromatic N) is 6. The summed E-state index contributed by atoms with van der Waals surface area (Å²) in [4.78, 5) is 16.7. The Morgan fingerprint density at radius 1 is 1.11 bits per heavy atom. The van der Waals surface area contributed by atoms with Crippen molar-refractivity contribution in [2.24, 2.45) is 11.1 Å². The molecule has 1 spiro atoms. The lowest BCUT2D eigenvalue weighted by atomic mass is 9.63. The quantitative estimate of drug-likeness (QED) is 0.401. The molecule has 7 rings (SSSR count). The first kappa shape index (κ1) is 21.4. The maximum absolute atomic E-state index is 9.81. The molecule has 0 amide bonds. The van der Waals surface area contributed by atoms with E-state index in [1.807, 2.05) is 30.6 Å². The number of nitrogens with one attached hydrogen (secondary N) is 2. The van der Waals surface area contributed by atoms with E-state index in [-0.39, 0.29) is 5.41 Å². The van der Waals surface area contributed by atoms with E-state index in [1.165, 1.54) is 0 Å². The van der Waals surface area contributed by atoms with Crippen molar-refractivity contribution in [3.05, 3.63) is 70.8 Å². The largest absolute Gasteiger partial charge is 0.321 e. The van der Waals surface area contributed by atoms with Crippen LogP contribution in [0.15, 0.2) is 42.7 Å². The van der Waals surface area contributed by atoms with Crippen LogP contribution in [0, 0.1) is 16.7 Å². The van der Waals surface area contributed by atoms with E-state index in [0.717, 1.165) is 91.3 Å². The van der Waals surface area contributed by atoms with Gasteiger partial charge in [0.2, 0.25) is 0 Å². The number of benzene rings is 1. The third kappa shape index (κ3) is 2.83. The highest BCUT2D eigenvalue weighted by molar-refractivity contribution is 5.87. The van der Waals surface area contributed by atoms with Crippen molar-refractivity contribution >= 4 is 22.7 Å². The summed E-state index contributed by atoms with van der Waals surface area (Å²) in [5.41, 5.74) is 13.3.